The number of nitrogens with one attached hydrogen (secondary N) is 2. The van der Waals surface area contributed by atoms with Crippen molar-refractivity contribution in [2.45, 2.75) is 32.9 Å². The number of rotatable bonds is 4. The van der Waals surface area contributed by atoms with Crippen LogP contribution in [0.15, 0.2) is 18.2 Å². The van der Waals surface area contributed by atoms with E-state index in [9.17, 15) is 9.18 Å². The van der Waals surface area contributed by atoms with Crippen LogP contribution in [-0.2, 0) is 11.3 Å². The molecule has 0 unspecified atom stereocenters. The van der Waals surface area contributed by atoms with Gasteiger partial charge in [-0.15, -0.1) is 0 Å². The standard InChI is InChI=1S/C16H24FN3O/c1-12-8-13(4-5-14(12)17)9-19-15(21)10-20-7-6-18-11-16(20,2)3/h4-5,8,18H,6-7,9-11H2,1-3H3,(H,19,21). The normalized spacial score (nSPS) is 18.5. The number of aryl methyl sites for hydroxylation is 1. The Labute approximate surface area is 125 Å². The van der Waals surface area contributed by atoms with E-state index in [-0.39, 0.29) is 17.3 Å². The molecule has 1 heterocycles. The summed E-state index contributed by atoms with van der Waals surface area (Å²) in [5.41, 5.74) is 1.51. The van der Waals surface area contributed by atoms with Gasteiger partial charge < -0.3 is 10.6 Å². The van der Waals surface area contributed by atoms with E-state index in [0.717, 1.165) is 25.2 Å². The van der Waals surface area contributed by atoms with Crippen LogP contribution in [0.25, 0.3) is 0 Å². The summed E-state index contributed by atoms with van der Waals surface area (Å²) in [4.78, 5) is 14.3. The summed E-state index contributed by atoms with van der Waals surface area (Å²) < 4.78 is 13.2. The number of hydrogen-bond donors (Lipinski definition) is 2. The quantitative estimate of drug-likeness (QED) is 0.883. The molecule has 1 fully saturated rings. The van der Waals surface area contributed by atoms with Gasteiger partial charge in [0.1, 0.15) is 5.82 Å². The van der Waals surface area contributed by atoms with Gasteiger partial charge in [-0.25, -0.2) is 4.39 Å². The van der Waals surface area contributed by atoms with E-state index in [1.807, 2.05) is 0 Å². The van der Waals surface area contributed by atoms with Gasteiger partial charge in [-0.1, -0.05) is 12.1 Å². The second-order valence-corrected chi connectivity index (χ2v) is 6.27. The van der Waals surface area contributed by atoms with E-state index in [2.05, 4.69) is 29.4 Å². The van der Waals surface area contributed by atoms with Crippen LogP contribution in [0, 0.1) is 12.7 Å². The van der Waals surface area contributed by atoms with Crippen molar-refractivity contribution in [3.05, 3.63) is 35.1 Å². The molecule has 0 spiro atoms. The summed E-state index contributed by atoms with van der Waals surface area (Å²) in [5, 5.41) is 6.25. The molecule has 0 bridgehead atoms. The maximum atomic E-state index is 13.2. The largest absolute Gasteiger partial charge is 0.351 e. The third-order valence-electron chi connectivity index (χ3n) is 4.02. The molecule has 1 aliphatic rings. The van der Waals surface area contributed by atoms with Gasteiger partial charge in [0.05, 0.1) is 6.54 Å². The van der Waals surface area contributed by atoms with Crippen molar-refractivity contribution >= 4 is 5.91 Å². The Hall–Kier alpha value is -1.46. The topological polar surface area (TPSA) is 44.4 Å². The summed E-state index contributed by atoms with van der Waals surface area (Å²) in [7, 11) is 0. The maximum absolute atomic E-state index is 13.2. The summed E-state index contributed by atoms with van der Waals surface area (Å²) in [6, 6.07) is 4.91. The SMILES string of the molecule is Cc1cc(CNC(=O)CN2CCNCC2(C)C)ccc1F. The molecule has 0 aromatic heterocycles. The van der Waals surface area contributed by atoms with Gasteiger partial charge in [-0.05, 0) is 38.0 Å². The van der Waals surface area contributed by atoms with Crippen LogP contribution in [0.1, 0.15) is 25.0 Å². The van der Waals surface area contributed by atoms with E-state index in [1.54, 1.807) is 19.1 Å². The van der Waals surface area contributed by atoms with Crippen molar-refractivity contribution in [3.8, 4) is 0 Å². The van der Waals surface area contributed by atoms with Crippen LogP contribution in [0.4, 0.5) is 4.39 Å². The number of nitrogens with zero attached hydrogens (tertiary/aromatic N) is 1. The van der Waals surface area contributed by atoms with Gasteiger partial charge in [-0.2, -0.15) is 0 Å². The molecular formula is C16H24FN3O. The highest BCUT2D eigenvalue weighted by Crippen LogP contribution is 2.15. The lowest BCUT2D eigenvalue weighted by Gasteiger charge is -2.42. The van der Waals surface area contributed by atoms with Gasteiger partial charge in [0, 0.05) is 31.7 Å². The maximum Gasteiger partial charge on any atom is 0.234 e. The zero-order valence-corrected chi connectivity index (χ0v) is 13.0. The zero-order chi connectivity index (χ0) is 15.5. The number of carbonyl (C=O) groups is 1. The molecule has 0 saturated carbocycles. The van der Waals surface area contributed by atoms with Crippen molar-refractivity contribution in [1.82, 2.24) is 15.5 Å². The fraction of sp³-hybridized carbons (Fsp3) is 0.562. The van der Waals surface area contributed by atoms with Gasteiger partial charge in [0.2, 0.25) is 5.91 Å². The van der Waals surface area contributed by atoms with Crippen molar-refractivity contribution < 1.29 is 9.18 Å². The number of amides is 1. The van der Waals surface area contributed by atoms with Crippen LogP contribution in [-0.4, -0.2) is 42.5 Å². The lowest BCUT2D eigenvalue weighted by Crippen LogP contribution is -2.59. The van der Waals surface area contributed by atoms with Crippen molar-refractivity contribution in [2.75, 3.05) is 26.2 Å². The summed E-state index contributed by atoms with van der Waals surface area (Å²) in [6.07, 6.45) is 0. The zero-order valence-electron chi connectivity index (χ0n) is 13.0. The van der Waals surface area contributed by atoms with E-state index in [4.69, 9.17) is 0 Å². The third-order valence-corrected chi connectivity index (χ3v) is 4.02. The average molecular weight is 293 g/mol. The highest BCUT2D eigenvalue weighted by Gasteiger charge is 2.30. The molecule has 1 aromatic rings. The Kier molecular flexibility index (Phi) is 4.96. The number of piperazine rings is 1. The minimum Gasteiger partial charge on any atom is -0.351 e. The fourth-order valence-corrected chi connectivity index (χ4v) is 2.56. The number of halogens is 1. The molecular weight excluding hydrogens is 269 g/mol. The molecule has 0 atom stereocenters. The first kappa shape index (κ1) is 15.9. The number of hydrogen-bond acceptors (Lipinski definition) is 3. The molecule has 1 aliphatic heterocycles. The summed E-state index contributed by atoms with van der Waals surface area (Å²) >= 11 is 0. The summed E-state index contributed by atoms with van der Waals surface area (Å²) in [5.74, 6) is -0.209. The van der Waals surface area contributed by atoms with E-state index in [1.165, 1.54) is 6.07 Å². The van der Waals surface area contributed by atoms with Gasteiger partial charge in [0.25, 0.3) is 0 Å². The first-order valence-electron chi connectivity index (χ1n) is 7.36. The van der Waals surface area contributed by atoms with Crippen molar-refractivity contribution in [3.63, 3.8) is 0 Å². The summed E-state index contributed by atoms with van der Waals surface area (Å²) in [6.45, 7) is 9.50. The van der Waals surface area contributed by atoms with Crippen LogP contribution in [0.5, 0.6) is 0 Å². The Balaban J connectivity index is 1.85. The van der Waals surface area contributed by atoms with E-state index < -0.39 is 0 Å². The smallest absolute Gasteiger partial charge is 0.234 e. The Bertz CT molecular complexity index is 516. The lowest BCUT2D eigenvalue weighted by molar-refractivity contribution is -0.124. The first-order chi connectivity index (χ1) is 9.88. The minimum absolute atomic E-state index is 0.00644. The van der Waals surface area contributed by atoms with Gasteiger partial charge in [-0.3, -0.25) is 9.69 Å². The van der Waals surface area contributed by atoms with Crippen LogP contribution in [0.2, 0.25) is 0 Å². The second-order valence-electron chi connectivity index (χ2n) is 6.27. The van der Waals surface area contributed by atoms with E-state index in [0.29, 0.717) is 18.7 Å². The predicted molar refractivity (Wildman–Crippen MR) is 81.5 cm³/mol. The molecule has 1 aromatic carbocycles. The second kappa shape index (κ2) is 6.54. The molecule has 116 valence electrons. The monoisotopic (exact) mass is 293 g/mol. The first-order valence-corrected chi connectivity index (χ1v) is 7.36. The van der Waals surface area contributed by atoms with Crippen LogP contribution >= 0.6 is 0 Å². The molecule has 1 saturated heterocycles. The van der Waals surface area contributed by atoms with Crippen LogP contribution < -0.4 is 10.6 Å². The van der Waals surface area contributed by atoms with Crippen LogP contribution in [0.3, 0.4) is 0 Å². The fourth-order valence-electron chi connectivity index (χ4n) is 2.56. The van der Waals surface area contributed by atoms with Crippen molar-refractivity contribution in [2.24, 2.45) is 0 Å². The Morgan fingerprint density at radius 1 is 1.48 bits per heavy atom. The highest BCUT2D eigenvalue weighted by molar-refractivity contribution is 5.78. The molecule has 5 heteroatoms. The van der Waals surface area contributed by atoms with Gasteiger partial charge >= 0.3 is 0 Å². The Morgan fingerprint density at radius 3 is 2.90 bits per heavy atom. The average Bonchev–Trinajstić information content (AvgIpc) is 2.42. The number of benzene rings is 1. The molecule has 2 N–H and O–H groups in total. The number of carbonyl (C=O) groups excluding carboxylic acids is 1. The Morgan fingerprint density at radius 2 is 2.24 bits per heavy atom. The molecule has 21 heavy (non-hydrogen) atoms. The van der Waals surface area contributed by atoms with Crippen molar-refractivity contribution in [1.29, 1.82) is 0 Å². The third kappa shape index (κ3) is 4.25. The molecule has 1 amide bonds. The molecule has 4 nitrogen and oxygen atoms in total. The van der Waals surface area contributed by atoms with E-state index >= 15 is 0 Å². The minimum atomic E-state index is -0.215. The molecule has 0 radical (unpaired) electrons. The molecule has 0 aliphatic carbocycles. The predicted octanol–water partition coefficient (Wildman–Crippen LogP) is 1.43. The lowest BCUT2D eigenvalue weighted by atomic mass is 10.0. The van der Waals surface area contributed by atoms with Gasteiger partial charge in [0.15, 0.2) is 0 Å². The highest BCUT2D eigenvalue weighted by atomic mass is 19.1. The molecule has 2 rings (SSSR count).